The average molecular weight is 265 g/mol. The lowest BCUT2D eigenvalue weighted by molar-refractivity contribution is 0.262. The molecule has 2 nitrogen and oxygen atoms in total. The Labute approximate surface area is 97.9 Å². The van der Waals surface area contributed by atoms with E-state index in [-0.39, 0.29) is 0 Å². The maximum absolute atomic E-state index is 4.23. The first-order chi connectivity index (χ1) is 7.34. The second-order valence-corrected chi connectivity index (χ2v) is 5.19. The van der Waals surface area contributed by atoms with Crippen molar-refractivity contribution in [3.63, 3.8) is 0 Å². The topological polar surface area (TPSA) is 24.9 Å². The van der Waals surface area contributed by atoms with Crippen LogP contribution in [0.2, 0.25) is 0 Å². The number of hydrogen-bond acceptors (Lipinski definition) is 2. The van der Waals surface area contributed by atoms with Gasteiger partial charge in [0.05, 0.1) is 0 Å². The number of allylic oxidation sites excluding steroid dienone is 1. The molecule has 1 aliphatic heterocycles. The summed E-state index contributed by atoms with van der Waals surface area (Å²) in [5.41, 5.74) is 2.69. The second-order valence-electron chi connectivity index (χ2n) is 4.27. The highest BCUT2D eigenvalue weighted by atomic mass is 79.9. The van der Waals surface area contributed by atoms with Crippen molar-refractivity contribution in [2.45, 2.75) is 18.9 Å². The first-order valence-electron chi connectivity index (χ1n) is 5.39. The van der Waals surface area contributed by atoms with E-state index in [4.69, 9.17) is 0 Å². The molecule has 1 aromatic heterocycles. The fraction of sp³-hybridized carbons (Fsp3) is 0.417. The Morgan fingerprint density at radius 2 is 2.33 bits per heavy atom. The van der Waals surface area contributed by atoms with Crippen LogP contribution in [0.5, 0.6) is 0 Å². The van der Waals surface area contributed by atoms with E-state index in [1.807, 2.05) is 12.4 Å². The van der Waals surface area contributed by atoms with Crippen molar-refractivity contribution in [2.24, 2.45) is 5.92 Å². The summed E-state index contributed by atoms with van der Waals surface area (Å²) in [7, 11) is 0. The molecule has 2 aliphatic rings. The van der Waals surface area contributed by atoms with Crippen LogP contribution in [0.3, 0.4) is 0 Å². The Balaban J connectivity index is 1.96. The van der Waals surface area contributed by atoms with Crippen molar-refractivity contribution in [3.8, 4) is 0 Å². The van der Waals surface area contributed by atoms with Crippen LogP contribution >= 0.6 is 15.9 Å². The number of nitrogens with zero attached hydrogens (tertiary/aromatic N) is 1. The molecule has 2 heterocycles. The normalized spacial score (nSPS) is 29.0. The Kier molecular flexibility index (Phi) is 2.37. The second kappa shape index (κ2) is 3.72. The number of halogens is 1. The zero-order valence-corrected chi connectivity index (χ0v) is 10.00. The third kappa shape index (κ3) is 1.64. The molecule has 1 aromatic rings. The van der Waals surface area contributed by atoms with Gasteiger partial charge in [0.2, 0.25) is 0 Å². The van der Waals surface area contributed by atoms with Crippen molar-refractivity contribution in [1.82, 2.24) is 10.3 Å². The van der Waals surface area contributed by atoms with Gasteiger partial charge in [-0.15, -0.1) is 0 Å². The van der Waals surface area contributed by atoms with E-state index in [1.165, 1.54) is 30.5 Å². The van der Waals surface area contributed by atoms with Gasteiger partial charge in [0.1, 0.15) is 0 Å². The average Bonchev–Trinajstić information content (AvgIpc) is 2.19. The summed E-state index contributed by atoms with van der Waals surface area (Å²) >= 11 is 3.47. The number of aromatic nitrogens is 1. The van der Waals surface area contributed by atoms with Crippen molar-refractivity contribution >= 4 is 21.5 Å². The highest BCUT2D eigenvalue weighted by molar-refractivity contribution is 9.10. The largest absolute Gasteiger partial charge is 0.309 e. The first-order valence-corrected chi connectivity index (χ1v) is 6.18. The van der Waals surface area contributed by atoms with Gasteiger partial charge in [-0.25, -0.2) is 0 Å². The van der Waals surface area contributed by atoms with Gasteiger partial charge in [0.25, 0.3) is 0 Å². The predicted molar refractivity (Wildman–Crippen MR) is 64.4 cm³/mol. The van der Waals surface area contributed by atoms with Gasteiger partial charge in [-0.3, -0.25) is 4.98 Å². The van der Waals surface area contributed by atoms with E-state index in [0.29, 0.717) is 6.04 Å². The highest BCUT2D eigenvalue weighted by Gasteiger charge is 2.35. The third-order valence-corrected chi connectivity index (χ3v) is 3.78. The summed E-state index contributed by atoms with van der Waals surface area (Å²) in [6.07, 6.45) is 8.70. The van der Waals surface area contributed by atoms with Crippen LogP contribution in [0.15, 0.2) is 29.0 Å². The molecule has 1 aliphatic carbocycles. The molecule has 78 valence electrons. The van der Waals surface area contributed by atoms with E-state index < -0.39 is 0 Å². The maximum Gasteiger partial charge on any atom is 0.0410 e. The number of hydrogen-bond donors (Lipinski definition) is 1. The van der Waals surface area contributed by atoms with Gasteiger partial charge in [-0.05, 0) is 51.9 Å². The molecule has 0 saturated carbocycles. The monoisotopic (exact) mass is 264 g/mol. The van der Waals surface area contributed by atoms with E-state index >= 15 is 0 Å². The van der Waals surface area contributed by atoms with Gasteiger partial charge in [0.15, 0.2) is 0 Å². The van der Waals surface area contributed by atoms with Crippen molar-refractivity contribution in [1.29, 1.82) is 0 Å². The molecule has 0 spiro atoms. The minimum absolute atomic E-state index is 0.579. The molecule has 2 unspecified atom stereocenters. The van der Waals surface area contributed by atoms with Crippen LogP contribution < -0.4 is 5.32 Å². The third-order valence-electron chi connectivity index (χ3n) is 3.35. The molecule has 0 aromatic carbocycles. The highest BCUT2D eigenvalue weighted by Crippen LogP contribution is 2.36. The van der Waals surface area contributed by atoms with E-state index in [1.54, 1.807) is 0 Å². The molecule has 3 heteroatoms. The van der Waals surface area contributed by atoms with E-state index in [0.717, 1.165) is 10.4 Å². The Hall–Kier alpha value is -0.670. The molecule has 1 saturated heterocycles. The molecule has 0 bridgehead atoms. The van der Waals surface area contributed by atoms with Crippen molar-refractivity contribution in [3.05, 3.63) is 34.6 Å². The van der Waals surface area contributed by atoms with Gasteiger partial charge in [-0.2, -0.15) is 0 Å². The number of nitrogens with one attached hydrogen (secondary N) is 1. The van der Waals surface area contributed by atoms with Gasteiger partial charge in [-0.1, -0.05) is 6.08 Å². The number of rotatable bonds is 1. The minimum atomic E-state index is 0.579. The molecule has 3 rings (SSSR count). The molecule has 1 fully saturated rings. The fourth-order valence-corrected chi connectivity index (χ4v) is 2.85. The van der Waals surface area contributed by atoms with Crippen molar-refractivity contribution < 1.29 is 0 Å². The van der Waals surface area contributed by atoms with Crippen molar-refractivity contribution in [2.75, 3.05) is 6.54 Å². The minimum Gasteiger partial charge on any atom is -0.309 e. The Morgan fingerprint density at radius 3 is 3.07 bits per heavy atom. The quantitative estimate of drug-likeness (QED) is 0.844. The zero-order chi connectivity index (χ0) is 10.3. The fourth-order valence-electron chi connectivity index (χ4n) is 2.48. The summed E-state index contributed by atoms with van der Waals surface area (Å²) < 4.78 is 1.06. The van der Waals surface area contributed by atoms with E-state index in [9.17, 15) is 0 Å². The van der Waals surface area contributed by atoms with Crippen LogP contribution in [0, 0.1) is 5.92 Å². The van der Waals surface area contributed by atoms with Crippen LogP contribution in [-0.4, -0.2) is 17.6 Å². The van der Waals surface area contributed by atoms with Crippen LogP contribution in [0.4, 0.5) is 0 Å². The number of fused-ring (bicyclic) bond motifs is 1. The smallest absolute Gasteiger partial charge is 0.0410 e. The van der Waals surface area contributed by atoms with Gasteiger partial charge in [0, 0.05) is 29.5 Å². The zero-order valence-electron chi connectivity index (χ0n) is 8.41. The molecular formula is C12H13BrN2. The maximum atomic E-state index is 4.23. The summed E-state index contributed by atoms with van der Waals surface area (Å²) in [6, 6.07) is 2.73. The molecule has 0 amide bonds. The van der Waals surface area contributed by atoms with Gasteiger partial charge >= 0.3 is 0 Å². The molecule has 2 atom stereocenters. The van der Waals surface area contributed by atoms with Gasteiger partial charge < -0.3 is 5.32 Å². The number of pyridine rings is 1. The lowest BCUT2D eigenvalue weighted by Crippen LogP contribution is -2.54. The SMILES string of the molecule is Brc1cncc(C2=CCCC3CNC23)c1. The van der Waals surface area contributed by atoms with Crippen LogP contribution in [0.1, 0.15) is 18.4 Å². The summed E-state index contributed by atoms with van der Waals surface area (Å²) in [6.45, 7) is 1.18. The Morgan fingerprint density at radius 1 is 1.40 bits per heavy atom. The Bertz CT molecular complexity index is 414. The first kappa shape index (κ1) is 9.55. The van der Waals surface area contributed by atoms with Crippen LogP contribution in [0.25, 0.3) is 5.57 Å². The standard InChI is InChI=1S/C12H13BrN2/c13-10-4-9(5-14-7-10)11-3-1-2-8-6-15-12(8)11/h3-5,7-8,12,15H,1-2,6H2. The predicted octanol–water partition coefficient (Wildman–Crippen LogP) is 2.61. The lowest BCUT2D eigenvalue weighted by Gasteiger charge is -2.42. The summed E-state index contributed by atoms with van der Waals surface area (Å²) in [5, 5.41) is 3.50. The summed E-state index contributed by atoms with van der Waals surface area (Å²) in [5.74, 6) is 0.851. The summed E-state index contributed by atoms with van der Waals surface area (Å²) in [4.78, 5) is 4.23. The van der Waals surface area contributed by atoms with Crippen LogP contribution in [-0.2, 0) is 0 Å². The molecular weight excluding hydrogens is 252 g/mol. The lowest BCUT2D eigenvalue weighted by atomic mass is 9.76. The van der Waals surface area contributed by atoms with E-state index in [2.05, 4.69) is 38.4 Å². The molecule has 1 N–H and O–H groups in total. The molecule has 15 heavy (non-hydrogen) atoms. The molecule has 0 radical (unpaired) electrons.